The van der Waals surface area contributed by atoms with Crippen LogP contribution in [-0.2, 0) is 4.74 Å². The fourth-order valence-corrected chi connectivity index (χ4v) is 4.12. The molecule has 0 radical (unpaired) electrons. The first-order valence-electron chi connectivity index (χ1n) is 8.82. The Bertz CT molecular complexity index is 882. The highest BCUT2D eigenvalue weighted by Gasteiger charge is 2.29. The van der Waals surface area contributed by atoms with Crippen LogP contribution in [0.5, 0.6) is 0 Å². The van der Waals surface area contributed by atoms with Crippen molar-refractivity contribution in [3.63, 3.8) is 0 Å². The number of carboxylic acid groups (broad SMARTS) is 1. The summed E-state index contributed by atoms with van der Waals surface area (Å²) < 4.78 is 5.20. The maximum Gasteiger partial charge on any atom is 0.365 e. The quantitative estimate of drug-likeness (QED) is 0.740. The number of carbonyl (C=O) groups is 1. The molecule has 1 aromatic carbocycles. The molecule has 4 rings (SSSR count). The molecule has 2 aliphatic heterocycles. The third-order valence-electron chi connectivity index (χ3n) is 4.63. The Labute approximate surface area is 160 Å². The van der Waals surface area contributed by atoms with Gasteiger partial charge in [-0.05, 0) is 18.6 Å². The van der Waals surface area contributed by atoms with Crippen molar-refractivity contribution in [2.75, 3.05) is 38.7 Å². The number of ether oxygens (including phenoxy) is 1. The van der Waals surface area contributed by atoms with Crippen LogP contribution >= 0.6 is 11.3 Å². The van der Waals surface area contributed by atoms with Gasteiger partial charge in [-0.3, -0.25) is 0 Å². The van der Waals surface area contributed by atoms with Gasteiger partial charge < -0.3 is 25.4 Å². The average molecular weight is 387 g/mol. The molecule has 2 aliphatic rings. The molecule has 0 saturated carbocycles. The standard InChI is InChI=1S/C18H21N5O3S/c1-26-9-6-11-10-23(8-7-19-11)15-14-16(27-17(22-14)18(24)25)21-13-5-3-2-4-12(13)20-15/h2-5,11,19,21H,6-10H2,1H3,(H,24,25)/t11-/m0/s1. The Morgan fingerprint density at radius 1 is 1.44 bits per heavy atom. The number of benzene rings is 1. The van der Waals surface area contributed by atoms with E-state index >= 15 is 0 Å². The largest absolute Gasteiger partial charge is 0.476 e. The molecule has 2 aromatic rings. The third kappa shape index (κ3) is 3.66. The number of piperazine rings is 1. The molecule has 0 bridgehead atoms. The fraction of sp³-hybridized carbons (Fsp3) is 0.389. The first kappa shape index (κ1) is 17.9. The molecule has 0 unspecified atom stereocenters. The summed E-state index contributed by atoms with van der Waals surface area (Å²) in [4.78, 5) is 22.9. The number of hydrogen-bond acceptors (Lipinski definition) is 8. The van der Waals surface area contributed by atoms with Gasteiger partial charge in [-0.25, -0.2) is 14.8 Å². The SMILES string of the molecule is COCC[C@H]1CN(C2=Nc3ccccc3Nc3sc(C(=O)O)nc32)CCN1. The van der Waals surface area contributed by atoms with Crippen LogP contribution in [0.4, 0.5) is 16.4 Å². The number of nitrogens with one attached hydrogen (secondary N) is 2. The summed E-state index contributed by atoms with van der Waals surface area (Å²) in [6.45, 7) is 3.06. The highest BCUT2D eigenvalue weighted by Crippen LogP contribution is 2.37. The molecule has 3 N–H and O–H groups in total. The van der Waals surface area contributed by atoms with Crippen molar-refractivity contribution >= 4 is 39.5 Å². The third-order valence-corrected chi connectivity index (χ3v) is 5.58. The van der Waals surface area contributed by atoms with E-state index in [1.54, 1.807) is 7.11 Å². The Morgan fingerprint density at radius 3 is 3.11 bits per heavy atom. The highest BCUT2D eigenvalue weighted by molar-refractivity contribution is 7.18. The molecular weight excluding hydrogens is 366 g/mol. The van der Waals surface area contributed by atoms with Crippen molar-refractivity contribution in [1.29, 1.82) is 0 Å². The Morgan fingerprint density at radius 2 is 2.30 bits per heavy atom. The number of hydrogen-bond donors (Lipinski definition) is 3. The summed E-state index contributed by atoms with van der Waals surface area (Å²) in [6.07, 6.45) is 0.902. The van der Waals surface area contributed by atoms with Gasteiger partial charge in [-0.15, -0.1) is 0 Å². The molecule has 0 aliphatic carbocycles. The number of carboxylic acids is 1. The highest BCUT2D eigenvalue weighted by atomic mass is 32.1. The van der Waals surface area contributed by atoms with E-state index < -0.39 is 5.97 Å². The van der Waals surface area contributed by atoms with Gasteiger partial charge in [0.05, 0.1) is 11.4 Å². The van der Waals surface area contributed by atoms with Gasteiger partial charge in [-0.1, -0.05) is 23.5 Å². The summed E-state index contributed by atoms with van der Waals surface area (Å²) in [5.41, 5.74) is 2.27. The second-order valence-corrected chi connectivity index (χ2v) is 7.46. The Kier molecular flexibility index (Phi) is 5.06. The number of methoxy groups -OCH3 is 1. The summed E-state index contributed by atoms with van der Waals surface area (Å²) >= 11 is 1.14. The van der Waals surface area contributed by atoms with Crippen molar-refractivity contribution in [2.24, 2.45) is 4.99 Å². The number of fused-ring (bicyclic) bond motifs is 2. The molecule has 9 heteroatoms. The van der Waals surface area contributed by atoms with E-state index in [2.05, 4.69) is 20.5 Å². The van der Waals surface area contributed by atoms with Crippen molar-refractivity contribution in [1.82, 2.24) is 15.2 Å². The van der Waals surface area contributed by atoms with Gasteiger partial charge >= 0.3 is 5.97 Å². The minimum Gasteiger partial charge on any atom is -0.476 e. The van der Waals surface area contributed by atoms with Crippen LogP contribution in [0, 0.1) is 0 Å². The molecule has 27 heavy (non-hydrogen) atoms. The van der Waals surface area contributed by atoms with E-state index in [1.807, 2.05) is 24.3 Å². The van der Waals surface area contributed by atoms with E-state index in [0.29, 0.717) is 17.3 Å². The molecule has 0 amide bonds. The summed E-state index contributed by atoms with van der Waals surface area (Å²) in [7, 11) is 1.70. The first-order chi connectivity index (χ1) is 13.2. The topological polar surface area (TPSA) is 99.1 Å². The molecule has 1 atom stereocenters. The number of nitrogens with zero attached hydrogens (tertiary/aromatic N) is 3. The van der Waals surface area contributed by atoms with Gasteiger partial charge in [0.1, 0.15) is 10.7 Å². The van der Waals surface area contributed by atoms with Gasteiger partial charge in [0.15, 0.2) is 5.84 Å². The molecule has 1 aromatic heterocycles. The fourth-order valence-electron chi connectivity index (χ4n) is 3.31. The van der Waals surface area contributed by atoms with E-state index in [0.717, 1.165) is 54.6 Å². The molecule has 8 nitrogen and oxygen atoms in total. The van der Waals surface area contributed by atoms with Crippen LogP contribution in [0.25, 0.3) is 0 Å². The lowest BCUT2D eigenvalue weighted by atomic mass is 10.1. The van der Waals surface area contributed by atoms with E-state index in [4.69, 9.17) is 9.73 Å². The van der Waals surface area contributed by atoms with Crippen molar-refractivity contribution in [3.05, 3.63) is 35.0 Å². The second-order valence-electron chi connectivity index (χ2n) is 6.46. The van der Waals surface area contributed by atoms with Crippen molar-refractivity contribution < 1.29 is 14.6 Å². The normalized spacial score (nSPS) is 18.8. The van der Waals surface area contributed by atoms with E-state index in [9.17, 15) is 9.90 Å². The number of aromatic carboxylic acids is 1. The number of amidine groups is 1. The minimum atomic E-state index is -1.03. The maximum absolute atomic E-state index is 11.4. The number of thiazole rings is 1. The number of rotatable bonds is 4. The zero-order valence-electron chi connectivity index (χ0n) is 14.9. The lowest BCUT2D eigenvalue weighted by Gasteiger charge is -2.35. The van der Waals surface area contributed by atoms with Gasteiger partial charge in [0.25, 0.3) is 0 Å². The lowest BCUT2D eigenvalue weighted by molar-refractivity contribution is 0.0696. The monoisotopic (exact) mass is 387 g/mol. The van der Waals surface area contributed by atoms with Crippen molar-refractivity contribution in [2.45, 2.75) is 12.5 Å². The van der Waals surface area contributed by atoms with Gasteiger partial charge in [-0.2, -0.15) is 0 Å². The number of aromatic nitrogens is 1. The van der Waals surface area contributed by atoms with Gasteiger partial charge in [0.2, 0.25) is 5.01 Å². The molecule has 1 saturated heterocycles. The van der Waals surface area contributed by atoms with Crippen LogP contribution < -0.4 is 10.6 Å². The predicted octanol–water partition coefficient (Wildman–Crippen LogP) is 2.29. The predicted molar refractivity (Wildman–Crippen MR) is 105 cm³/mol. The van der Waals surface area contributed by atoms with E-state index in [-0.39, 0.29) is 11.0 Å². The van der Waals surface area contributed by atoms with Gasteiger partial charge in [0, 0.05) is 39.4 Å². The van der Waals surface area contributed by atoms with Crippen LogP contribution in [-0.4, -0.2) is 66.2 Å². The average Bonchev–Trinajstić information content (AvgIpc) is 3.03. The first-order valence-corrected chi connectivity index (χ1v) is 9.64. The zero-order chi connectivity index (χ0) is 18.8. The van der Waals surface area contributed by atoms with Crippen LogP contribution in [0.15, 0.2) is 29.3 Å². The number of aliphatic imine (C=N–C) groups is 1. The summed E-state index contributed by atoms with van der Waals surface area (Å²) in [5.74, 6) is -0.309. The molecule has 142 valence electrons. The van der Waals surface area contributed by atoms with Crippen LogP contribution in [0.3, 0.4) is 0 Å². The minimum absolute atomic E-state index is 0.0608. The Hall–Kier alpha value is -2.49. The lowest BCUT2D eigenvalue weighted by Crippen LogP contribution is -2.53. The molecule has 0 spiro atoms. The zero-order valence-corrected chi connectivity index (χ0v) is 15.8. The molecular formula is C18H21N5O3S. The summed E-state index contributed by atoms with van der Waals surface area (Å²) in [6, 6.07) is 8.04. The maximum atomic E-state index is 11.4. The molecule has 1 fully saturated rings. The van der Waals surface area contributed by atoms with E-state index in [1.165, 1.54) is 0 Å². The number of anilines is 2. The van der Waals surface area contributed by atoms with Crippen LogP contribution in [0.2, 0.25) is 0 Å². The second kappa shape index (κ2) is 7.63. The number of para-hydroxylation sites is 2. The summed E-state index contributed by atoms with van der Waals surface area (Å²) in [5, 5.41) is 17.0. The van der Waals surface area contributed by atoms with Crippen molar-refractivity contribution in [3.8, 4) is 0 Å². The molecule has 3 heterocycles. The smallest absolute Gasteiger partial charge is 0.365 e. The van der Waals surface area contributed by atoms with Crippen LogP contribution in [0.1, 0.15) is 21.9 Å². The Balaban J connectivity index is 1.73.